The van der Waals surface area contributed by atoms with Gasteiger partial charge in [0.05, 0.1) is 0 Å². The predicted molar refractivity (Wildman–Crippen MR) is 74.6 cm³/mol. The first kappa shape index (κ1) is 12.0. The fourth-order valence-corrected chi connectivity index (χ4v) is 2.45. The summed E-state index contributed by atoms with van der Waals surface area (Å²) in [5, 5.41) is 3.24. The van der Waals surface area contributed by atoms with Crippen LogP contribution in [0.1, 0.15) is 38.2 Å². The third-order valence-corrected chi connectivity index (χ3v) is 3.82. The minimum atomic E-state index is 0.860. The molecule has 3 heteroatoms. The Kier molecular flexibility index (Phi) is 3.50. The fraction of sp³-hybridized carbons (Fsp3) is 0.667. The van der Waals surface area contributed by atoms with Gasteiger partial charge in [0.2, 0.25) is 0 Å². The first-order valence-corrected chi connectivity index (χ1v) is 7.28. The van der Waals surface area contributed by atoms with E-state index in [-0.39, 0.29) is 0 Å². The molecular weight excluding hydrogens is 222 g/mol. The van der Waals surface area contributed by atoms with E-state index >= 15 is 0 Å². The van der Waals surface area contributed by atoms with Crippen molar-refractivity contribution in [3.05, 3.63) is 23.9 Å². The second-order valence-electron chi connectivity index (χ2n) is 5.69. The molecule has 0 aliphatic heterocycles. The summed E-state index contributed by atoms with van der Waals surface area (Å²) in [7, 11) is 0. The molecule has 2 fully saturated rings. The molecule has 0 radical (unpaired) electrons. The van der Waals surface area contributed by atoms with Crippen molar-refractivity contribution in [3.63, 3.8) is 0 Å². The molecule has 0 unspecified atom stereocenters. The molecule has 0 aromatic carbocycles. The molecule has 1 N–H and O–H groups in total. The van der Waals surface area contributed by atoms with Crippen molar-refractivity contribution in [3.8, 4) is 0 Å². The zero-order valence-electron chi connectivity index (χ0n) is 11.2. The molecule has 1 aromatic rings. The average Bonchev–Trinajstić information content (AvgIpc) is 3.25. The Hall–Kier alpha value is -1.09. The molecule has 3 nitrogen and oxygen atoms in total. The minimum Gasteiger partial charge on any atom is -0.370 e. The van der Waals surface area contributed by atoms with Crippen molar-refractivity contribution in [1.29, 1.82) is 0 Å². The lowest BCUT2D eigenvalue weighted by molar-refractivity contribution is 0.244. The first-order chi connectivity index (χ1) is 8.85. The maximum atomic E-state index is 4.46. The quantitative estimate of drug-likeness (QED) is 0.800. The Labute approximate surface area is 110 Å². The number of aromatic nitrogens is 1. The number of rotatable bonds is 7. The summed E-state index contributed by atoms with van der Waals surface area (Å²) in [6.07, 6.45) is 7.72. The number of nitrogens with zero attached hydrogens (tertiary/aromatic N) is 2. The molecule has 98 valence electrons. The van der Waals surface area contributed by atoms with Crippen LogP contribution in [0.2, 0.25) is 0 Å². The van der Waals surface area contributed by atoms with E-state index in [0.717, 1.165) is 30.9 Å². The van der Waals surface area contributed by atoms with E-state index in [4.69, 9.17) is 0 Å². The topological polar surface area (TPSA) is 28.2 Å². The molecule has 1 heterocycles. The average molecular weight is 245 g/mol. The molecular formula is C15H23N3. The molecule has 1 aromatic heterocycles. The highest BCUT2D eigenvalue weighted by atomic mass is 15.2. The van der Waals surface area contributed by atoms with Gasteiger partial charge in [-0.2, -0.15) is 0 Å². The summed E-state index contributed by atoms with van der Waals surface area (Å²) >= 11 is 0. The highest BCUT2D eigenvalue weighted by molar-refractivity contribution is 5.35. The normalized spacial score (nSPS) is 19.2. The molecule has 2 aliphatic rings. The van der Waals surface area contributed by atoms with Gasteiger partial charge < -0.3 is 5.32 Å². The second kappa shape index (κ2) is 5.27. The van der Waals surface area contributed by atoms with E-state index in [1.165, 1.54) is 37.8 Å². The van der Waals surface area contributed by atoms with Crippen LogP contribution < -0.4 is 5.32 Å². The van der Waals surface area contributed by atoms with Gasteiger partial charge in [-0.15, -0.1) is 0 Å². The van der Waals surface area contributed by atoms with E-state index in [0.29, 0.717) is 0 Å². The molecule has 0 amide bonds. The maximum Gasteiger partial charge on any atom is 0.125 e. The van der Waals surface area contributed by atoms with Crippen LogP contribution in [0, 0.1) is 5.92 Å². The van der Waals surface area contributed by atoms with Gasteiger partial charge >= 0.3 is 0 Å². The van der Waals surface area contributed by atoms with Crippen LogP contribution in [0.4, 0.5) is 5.82 Å². The van der Waals surface area contributed by atoms with Gasteiger partial charge in [0.1, 0.15) is 5.82 Å². The van der Waals surface area contributed by atoms with E-state index in [1.807, 2.05) is 6.20 Å². The molecule has 2 saturated carbocycles. The molecule has 0 atom stereocenters. The fourth-order valence-electron chi connectivity index (χ4n) is 2.45. The highest BCUT2D eigenvalue weighted by Crippen LogP contribution is 2.35. The highest BCUT2D eigenvalue weighted by Gasteiger charge is 2.33. The molecule has 0 spiro atoms. The molecule has 0 bridgehead atoms. The Morgan fingerprint density at radius 2 is 2.11 bits per heavy atom. The zero-order valence-corrected chi connectivity index (χ0v) is 11.2. The van der Waals surface area contributed by atoms with Crippen molar-refractivity contribution in [2.45, 2.75) is 45.2 Å². The number of hydrogen-bond acceptors (Lipinski definition) is 3. The number of pyridine rings is 1. The lowest BCUT2D eigenvalue weighted by atomic mass is 10.2. The van der Waals surface area contributed by atoms with E-state index < -0.39 is 0 Å². The first-order valence-electron chi connectivity index (χ1n) is 7.28. The summed E-state index contributed by atoms with van der Waals surface area (Å²) in [4.78, 5) is 7.13. The zero-order chi connectivity index (χ0) is 12.4. The van der Waals surface area contributed by atoms with Crippen LogP contribution in [0.5, 0.6) is 0 Å². The van der Waals surface area contributed by atoms with Gasteiger partial charge in [0, 0.05) is 31.9 Å². The summed E-state index contributed by atoms with van der Waals surface area (Å²) in [6.45, 7) is 5.42. The predicted octanol–water partition coefficient (Wildman–Crippen LogP) is 2.89. The molecule has 18 heavy (non-hydrogen) atoms. The van der Waals surface area contributed by atoms with Crippen molar-refractivity contribution in [2.75, 3.05) is 18.4 Å². The SMILES string of the molecule is CCNc1ccc(CN(CC2CC2)C2CC2)cn1. The van der Waals surface area contributed by atoms with Crippen LogP contribution >= 0.6 is 0 Å². The van der Waals surface area contributed by atoms with Crippen LogP contribution in [-0.2, 0) is 6.54 Å². The third-order valence-electron chi connectivity index (χ3n) is 3.82. The van der Waals surface area contributed by atoms with E-state index in [1.54, 1.807) is 0 Å². The van der Waals surface area contributed by atoms with Crippen LogP contribution in [0.15, 0.2) is 18.3 Å². The van der Waals surface area contributed by atoms with Gasteiger partial charge in [-0.1, -0.05) is 6.07 Å². The van der Waals surface area contributed by atoms with Gasteiger partial charge in [0.15, 0.2) is 0 Å². The minimum absolute atomic E-state index is 0.860. The van der Waals surface area contributed by atoms with Crippen molar-refractivity contribution < 1.29 is 0 Å². The second-order valence-corrected chi connectivity index (χ2v) is 5.69. The largest absolute Gasteiger partial charge is 0.370 e. The number of nitrogens with one attached hydrogen (secondary N) is 1. The standard InChI is InChI=1S/C15H23N3/c1-2-16-15-8-5-13(9-17-15)11-18(14-6-7-14)10-12-3-4-12/h5,8-9,12,14H,2-4,6-7,10-11H2,1H3,(H,16,17). The lowest BCUT2D eigenvalue weighted by Crippen LogP contribution is -2.27. The van der Waals surface area contributed by atoms with Crippen LogP contribution in [0.25, 0.3) is 0 Å². The third kappa shape index (κ3) is 3.22. The van der Waals surface area contributed by atoms with Gasteiger partial charge in [-0.05, 0) is 50.2 Å². The van der Waals surface area contributed by atoms with Crippen molar-refractivity contribution >= 4 is 5.82 Å². The van der Waals surface area contributed by atoms with Crippen molar-refractivity contribution in [2.24, 2.45) is 5.92 Å². The molecule has 2 aliphatic carbocycles. The summed E-state index contributed by atoms with van der Waals surface area (Å²) in [6, 6.07) is 5.17. The molecule has 0 saturated heterocycles. The Bertz CT molecular complexity index is 379. The Morgan fingerprint density at radius 3 is 2.67 bits per heavy atom. The maximum absolute atomic E-state index is 4.46. The summed E-state index contributed by atoms with van der Waals surface area (Å²) in [5.41, 5.74) is 1.35. The number of anilines is 1. The van der Waals surface area contributed by atoms with Crippen LogP contribution in [0.3, 0.4) is 0 Å². The van der Waals surface area contributed by atoms with E-state index in [9.17, 15) is 0 Å². The molecule has 3 rings (SSSR count). The monoisotopic (exact) mass is 245 g/mol. The van der Waals surface area contributed by atoms with E-state index in [2.05, 4.69) is 34.3 Å². The van der Waals surface area contributed by atoms with Gasteiger partial charge in [0.25, 0.3) is 0 Å². The van der Waals surface area contributed by atoms with Crippen molar-refractivity contribution in [1.82, 2.24) is 9.88 Å². The number of hydrogen-bond donors (Lipinski definition) is 1. The summed E-state index contributed by atoms with van der Waals surface area (Å²) < 4.78 is 0. The van der Waals surface area contributed by atoms with Gasteiger partial charge in [-0.3, -0.25) is 4.90 Å². The Morgan fingerprint density at radius 1 is 1.28 bits per heavy atom. The summed E-state index contributed by atoms with van der Waals surface area (Å²) in [5.74, 6) is 1.97. The smallest absolute Gasteiger partial charge is 0.125 e. The van der Waals surface area contributed by atoms with Crippen LogP contribution in [-0.4, -0.2) is 29.0 Å². The Balaban J connectivity index is 1.58. The lowest BCUT2D eigenvalue weighted by Gasteiger charge is -2.21. The van der Waals surface area contributed by atoms with Gasteiger partial charge in [-0.25, -0.2) is 4.98 Å².